The van der Waals surface area contributed by atoms with E-state index >= 15 is 0 Å². The molecule has 0 bridgehead atoms. The number of hydrogen-bond acceptors (Lipinski definition) is 3. The molecule has 1 heterocycles. The summed E-state index contributed by atoms with van der Waals surface area (Å²) in [6.45, 7) is 1.81. The zero-order chi connectivity index (χ0) is 13.1. The van der Waals surface area contributed by atoms with Gasteiger partial charge >= 0.3 is 0 Å². The minimum Gasteiger partial charge on any atom is -0.398 e. The number of pyridine rings is 1. The molecule has 0 fully saturated rings. The van der Waals surface area contributed by atoms with E-state index in [1.165, 1.54) is 18.5 Å². The van der Waals surface area contributed by atoms with Gasteiger partial charge in [-0.1, -0.05) is 6.07 Å². The highest BCUT2D eigenvalue weighted by Gasteiger charge is 2.11. The maximum atomic E-state index is 11.9. The van der Waals surface area contributed by atoms with Crippen LogP contribution in [0.2, 0.25) is 0 Å². The van der Waals surface area contributed by atoms with Crippen LogP contribution >= 0.6 is 0 Å². The Morgan fingerprint density at radius 1 is 1.33 bits per heavy atom. The Kier molecular flexibility index (Phi) is 3.14. The van der Waals surface area contributed by atoms with Gasteiger partial charge in [0.2, 0.25) is 0 Å². The summed E-state index contributed by atoms with van der Waals surface area (Å²) in [5, 5.41) is 2.67. The van der Waals surface area contributed by atoms with Crippen LogP contribution in [-0.4, -0.2) is 10.9 Å². The fourth-order valence-corrected chi connectivity index (χ4v) is 1.57. The van der Waals surface area contributed by atoms with Gasteiger partial charge in [-0.3, -0.25) is 9.59 Å². The summed E-state index contributed by atoms with van der Waals surface area (Å²) in [7, 11) is 0. The van der Waals surface area contributed by atoms with Crippen LogP contribution in [-0.2, 0) is 0 Å². The molecule has 0 atom stereocenters. The lowest BCUT2D eigenvalue weighted by atomic mass is 10.1. The number of aromatic nitrogens is 1. The number of hydrogen-bond donors (Lipinski definition) is 3. The standard InChI is InChI=1S/C13H13N3O2/c1-8-10(14)3-2-4-11(8)16-13(18)9-7-15-6-5-12(9)17/h2-7H,14H2,1H3,(H,15,17)(H,16,18). The third kappa shape index (κ3) is 2.24. The fraction of sp³-hybridized carbons (Fsp3) is 0.0769. The number of nitrogen functional groups attached to an aromatic ring is 1. The normalized spacial score (nSPS) is 10.1. The molecule has 0 radical (unpaired) electrons. The third-order valence-corrected chi connectivity index (χ3v) is 2.69. The van der Waals surface area contributed by atoms with Crippen molar-refractivity contribution >= 4 is 17.3 Å². The van der Waals surface area contributed by atoms with Gasteiger partial charge in [-0.25, -0.2) is 0 Å². The van der Waals surface area contributed by atoms with Gasteiger partial charge in [-0.2, -0.15) is 0 Å². The molecule has 0 spiro atoms. The molecule has 92 valence electrons. The first kappa shape index (κ1) is 11.9. The molecular formula is C13H13N3O2. The lowest BCUT2D eigenvalue weighted by Crippen LogP contribution is -2.21. The van der Waals surface area contributed by atoms with Crippen molar-refractivity contribution in [1.82, 2.24) is 4.98 Å². The number of nitrogens with two attached hydrogens (primary N) is 1. The minimum absolute atomic E-state index is 0.0688. The highest BCUT2D eigenvalue weighted by Crippen LogP contribution is 2.20. The quantitative estimate of drug-likeness (QED) is 0.699. The van der Waals surface area contributed by atoms with Gasteiger partial charge in [0.25, 0.3) is 5.91 Å². The number of benzene rings is 1. The number of anilines is 2. The maximum Gasteiger partial charge on any atom is 0.261 e. The third-order valence-electron chi connectivity index (χ3n) is 2.69. The molecule has 0 saturated heterocycles. The van der Waals surface area contributed by atoms with Crippen LogP contribution < -0.4 is 16.5 Å². The van der Waals surface area contributed by atoms with Crippen molar-refractivity contribution in [1.29, 1.82) is 0 Å². The number of carbonyl (C=O) groups excluding carboxylic acids is 1. The zero-order valence-electron chi connectivity index (χ0n) is 9.86. The average molecular weight is 243 g/mol. The summed E-state index contributed by atoms with van der Waals surface area (Å²) in [4.78, 5) is 26.1. The van der Waals surface area contributed by atoms with Gasteiger partial charge in [0.15, 0.2) is 5.43 Å². The molecule has 0 aliphatic carbocycles. The number of carbonyl (C=O) groups is 1. The van der Waals surface area contributed by atoms with Crippen molar-refractivity contribution in [2.24, 2.45) is 0 Å². The molecule has 5 heteroatoms. The summed E-state index contributed by atoms with van der Waals surface area (Å²) >= 11 is 0. The van der Waals surface area contributed by atoms with Gasteiger partial charge in [-0.05, 0) is 24.6 Å². The van der Waals surface area contributed by atoms with E-state index in [-0.39, 0.29) is 11.0 Å². The molecule has 0 aliphatic heterocycles. The van der Waals surface area contributed by atoms with E-state index in [0.29, 0.717) is 11.4 Å². The lowest BCUT2D eigenvalue weighted by molar-refractivity contribution is 0.102. The molecular weight excluding hydrogens is 230 g/mol. The van der Waals surface area contributed by atoms with E-state index in [1.807, 2.05) is 0 Å². The molecule has 4 N–H and O–H groups in total. The van der Waals surface area contributed by atoms with Crippen LogP contribution in [0.15, 0.2) is 41.5 Å². The molecule has 5 nitrogen and oxygen atoms in total. The van der Waals surface area contributed by atoms with Crippen LogP contribution in [0, 0.1) is 6.92 Å². The number of rotatable bonds is 2. The second-order valence-electron chi connectivity index (χ2n) is 3.90. The van der Waals surface area contributed by atoms with Gasteiger partial charge in [0.05, 0.1) is 0 Å². The van der Waals surface area contributed by atoms with Crippen LogP contribution in [0.3, 0.4) is 0 Å². The summed E-state index contributed by atoms with van der Waals surface area (Å²) < 4.78 is 0. The number of nitrogens with one attached hydrogen (secondary N) is 2. The summed E-state index contributed by atoms with van der Waals surface area (Å²) in [5.74, 6) is -0.453. The van der Waals surface area contributed by atoms with Crippen molar-refractivity contribution in [2.75, 3.05) is 11.1 Å². The summed E-state index contributed by atoms with van der Waals surface area (Å²) in [5.41, 5.74) is 7.46. The van der Waals surface area contributed by atoms with E-state index in [9.17, 15) is 9.59 Å². The first-order valence-electron chi connectivity index (χ1n) is 5.43. The molecule has 0 aliphatic rings. The molecule has 1 aromatic heterocycles. The zero-order valence-corrected chi connectivity index (χ0v) is 9.86. The van der Waals surface area contributed by atoms with Crippen LogP contribution in [0.1, 0.15) is 15.9 Å². The Hall–Kier alpha value is -2.56. The Bertz CT molecular complexity index is 647. The predicted octanol–water partition coefficient (Wildman–Crippen LogP) is 1.52. The van der Waals surface area contributed by atoms with Gasteiger partial charge in [0.1, 0.15) is 5.56 Å². The van der Waals surface area contributed by atoms with Crippen LogP contribution in [0.4, 0.5) is 11.4 Å². The van der Waals surface area contributed by atoms with Crippen molar-refractivity contribution in [3.05, 3.63) is 58.0 Å². The Labute approximate surface area is 104 Å². The second-order valence-corrected chi connectivity index (χ2v) is 3.90. The minimum atomic E-state index is -0.453. The number of amides is 1. The van der Waals surface area contributed by atoms with Gasteiger partial charge < -0.3 is 16.0 Å². The number of aromatic amines is 1. The van der Waals surface area contributed by atoms with E-state index in [2.05, 4.69) is 10.3 Å². The van der Waals surface area contributed by atoms with Gasteiger partial charge in [-0.15, -0.1) is 0 Å². The summed E-state index contributed by atoms with van der Waals surface area (Å²) in [6.07, 6.45) is 2.85. The topological polar surface area (TPSA) is 88.0 Å². The predicted molar refractivity (Wildman–Crippen MR) is 70.6 cm³/mol. The first-order valence-corrected chi connectivity index (χ1v) is 5.43. The van der Waals surface area contributed by atoms with Crippen molar-refractivity contribution in [2.45, 2.75) is 6.92 Å². The van der Waals surface area contributed by atoms with Crippen molar-refractivity contribution < 1.29 is 4.79 Å². The van der Waals surface area contributed by atoms with E-state index < -0.39 is 5.91 Å². The molecule has 0 saturated carbocycles. The monoisotopic (exact) mass is 243 g/mol. The molecule has 1 amide bonds. The van der Waals surface area contributed by atoms with Gasteiger partial charge in [0, 0.05) is 29.8 Å². The summed E-state index contributed by atoms with van der Waals surface area (Å²) in [6, 6.07) is 6.54. The highest BCUT2D eigenvalue weighted by atomic mass is 16.2. The molecule has 18 heavy (non-hydrogen) atoms. The fourth-order valence-electron chi connectivity index (χ4n) is 1.57. The number of H-pyrrole nitrogens is 1. The Morgan fingerprint density at radius 3 is 2.83 bits per heavy atom. The van der Waals surface area contributed by atoms with E-state index in [0.717, 1.165) is 5.56 Å². The maximum absolute atomic E-state index is 11.9. The van der Waals surface area contributed by atoms with E-state index in [4.69, 9.17) is 5.73 Å². The lowest BCUT2D eigenvalue weighted by Gasteiger charge is -2.09. The second kappa shape index (κ2) is 4.75. The van der Waals surface area contributed by atoms with Crippen LogP contribution in [0.5, 0.6) is 0 Å². The van der Waals surface area contributed by atoms with Crippen molar-refractivity contribution in [3.63, 3.8) is 0 Å². The SMILES string of the molecule is Cc1c(N)cccc1NC(=O)c1c[nH]ccc1=O. The average Bonchev–Trinajstić information content (AvgIpc) is 2.35. The molecule has 2 rings (SSSR count). The Morgan fingerprint density at radius 2 is 2.11 bits per heavy atom. The van der Waals surface area contributed by atoms with E-state index in [1.54, 1.807) is 25.1 Å². The van der Waals surface area contributed by atoms with Crippen molar-refractivity contribution in [3.8, 4) is 0 Å². The molecule has 1 aromatic carbocycles. The smallest absolute Gasteiger partial charge is 0.261 e. The van der Waals surface area contributed by atoms with Crippen LogP contribution in [0.25, 0.3) is 0 Å². The molecule has 2 aromatic rings. The highest BCUT2D eigenvalue weighted by molar-refractivity contribution is 6.04. The largest absolute Gasteiger partial charge is 0.398 e. The molecule has 0 unspecified atom stereocenters. The Balaban J connectivity index is 2.30. The first-order chi connectivity index (χ1) is 8.59.